The number of pyridine rings is 1. The quantitative estimate of drug-likeness (QED) is 0.752. The lowest BCUT2D eigenvalue weighted by Crippen LogP contribution is -2.14. The number of anilines is 1. The van der Waals surface area contributed by atoms with Gasteiger partial charge in [-0.1, -0.05) is 11.8 Å². The Labute approximate surface area is 123 Å². The second-order valence-electron chi connectivity index (χ2n) is 4.27. The van der Waals surface area contributed by atoms with Gasteiger partial charge in [0.2, 0.25) is 0 Å². The van der Waals surface area contributed by atoms with E-state index in [1.54, 1.807) is 22.7 Å². The van der Waals surface area contributed by atoms with Crippen molar-refractivity contribution in [3.8, 4) is 0 Å². The van der Waals surface area contributed by atoms with Crippen molar-refractivity contribution in [2.75, 3.05) is 5.73 Å². The highest BCUT2D eigenvalue weighted by Gasteiger charge is 2.08. The molecule has 7 heteroatoms. The largest absolute Gasteiger partial charge is 0.397 e. The van der Waals surface area contributed by atoms with E-state index < -0.39 is 0 Å². The van der Waals surface area contributed by atoms with E-state index >= 15 is 0 Å². The lowest BCUT2D eigenvalue weighted by atomic mass is 10.4. The fourth-order valence-electron chi connectivity index (χ4n) is 1.84. The van der Waals surface area contributed by atoms with E-state index in [4.69, 9.17) is 5.73 Å². The number of thiazole rings is 1. The summed E-state index contributed by atoms with van der Waals surface area (Å²) in [6, 6.07) is 5.17. The van der Waals surface area contributed by atoms with Crippen LogP contribution in [0.2, 0.25) is 0 Å². The zero-order valence-corrected chi connectivity index (χ0v) is 12.4. The van der Waals surface area contributed by atoms with Gasteiger partial charge in [-0.05, 0) is 19.1 Å². The fraction of sp³-hybridized carbons (Fsp3) is 0.154. The number of rotatable bonds is 3. The lowest BCUT2D eigenvalue weighted by Gasteiger charge is -2.04. The maximum Gasteiger partial charge on any atom is 0.258 e. The maximum absolute atomic E-state index is 12.0. The molecule has 0 amide bonds. The molecule has 3 rings (SSSR count). The Bertz CT molecular complexity index is 825. The van der Waals surface area contributed by atoms with Crippen LogP contribution in [0.4, 0.5) is 5.69 Å². The molecule has 0 aliphatic rings. The van der Waals surface area contributed by atoms with Crippen molar-refractivity contribution in [1.29, 1.82) is 0 Å². The van der Waals surface area contributed by atoms with Crippen molar-refractivity contribution in [1.82, 2.24) is 14.4 Å². The minimum absolute atomic E-state index is 0.0432. The van der Waals surface area contributed by atoms with Gasteiger partial charge in [-0.25, -0.2) is 9.97 Å². The van der Waals surface area contributed by atoms with Crippen LogP contribution in [0.15, 0.2) is 39.6 Å². The Balaban J connectivity index is 1.89. The third-order valence-electron chi connectivity index (χ3n) is 2.79. The summed E-state index contributed by atoms with van der Waals surface area (Å²) >= 11 is 2.95. The van der Waals surface area contributed by atoms with E-state index in [0.717, 1.165) is 21.4 Å². The summed E-state index contributed by atoms with van der Waals surface area (Å²) in [4.78, 5) is 21.5. The summed E-state index contributed by atoms with van der Waals surface area (Å²) in [6.07, 6.45) is 1.70. The number of aromatic nitrogens is 3. The van der Waals surface area contributed by atoms with Gasteiger partial charge in [0.15, 0.2) is 4.96 Å². The van der Waals surface area contributed by atoms with Gasteiger partial charge in [-0.3, -0.25) is 9.20 Å². The summed E-state index contributed by atoms with van der Waals surface area (Å²) in [7, 11) is 0. The summed E-state index contributed by atoms with van der Waals surface area (Å²) in [5, 5.41) is 2.69. The smallest absolute Gasteiger partial charge is 0.258 e. The van der Waals surface area contributed by atoms with Gasteiger partial charge in [-0.15, -0.1) is 11.3 Å². The van der Waals surface area contributed by atoms with Crippen LogP contribution in [0.5, 0.6) is 0 Å². The molecular weight excluding hydrogens is 292 g/mol. The highest BCUT2D eigenvalue weighted by molar-refractivity contribution is 7.98. The van der Waals surface area contributed by atoms with Crippen LogP contribution in [-0.4, -0.2) is 14.4 Å². The van der Waals surface area contributed by atoms with Crippen LogP contribution in [0.3, 0.4) is 0 Å². The van der Waals surface area contributed by atoms with Gasteiger partial charge >= 0.3 is 0 Å². The predicted octanol–water partition coefficient (Wildman–Crippen LogP) is 2.33. The van der Waals surface area contributed by atoms with E-state index in [1.165, 1.54) is 23.1 Å². The molecule has 0 bridgehead atoms. The Hall–Kier alpha value is -1.86. The second-order valence-corrected chi connectivity index (χ2v) is 6.07. The van der Waals surface area contributed by atoms with Crippen molar-refractivity contribution >= 4 is 33.7 Å². The summed E-state index contributed by atoms with van der Waals surface area (Å²) in [5.41, 5.74) is 8.09. The van der Waals surface area contributed by atoms with Crippen molar-refractivity contribution in [2.45, 2.75) is 17.7 Å². The Morgan fingerprint density at radius 2 is 2.35 bits per heavy atom. The Kier molecular flexibility index (Phi) is 3.45. The number of hydrogen-bond donors (Lipinski definition) is 1. The zero-order chi connectivity index (χ0) is 14.1. The number of nitrogens with two attached hydrogens (primary N) is 1. The van der Waals surface area contributed by atoms with Crippen LogP contribution in [0, 0.1) is 6.92 Å². The number of thioether (sulfide) groups is 1. The van der Waals surface area contributed by atoms with E-state index in [2.05, 4.69) is 9.97 Å². The summed E-state index contributed by atoms with van der Waals surface area (Å²) in [6.45, 7) is 1.90. The first-order valence-electron chi connectivity index (χ1n) is 5.95. The number of nitrogen functional groups attached to an aromatic ring is 1. The van der Waals surface area contributed by atoms with Gasteiger partial charge in [0.05, 0.1) is 11.4 Å². The molecule has 20 heavy (non-hydrogen) atoms. The monoisotopic (exact) mass is 304 g/mol. The summed E-state index contributed by atoms with van der Waals surface area (Å²) < 4.78 is 1.62. The highest BCUT2D eigenvalue weighted by atomic mass is 32.2. The van der Waals surface area contributed by atoms with Crippen LogP contribution in [0.1, 0.15) is 11.4 Å². The first-order valence-corrected chi connectivity index (χ1v) is 7.82. The molecule has 0 fully saturated rings. The van der Waals surface area contributed by atoms with Crippen molar-refractivity contribution in [3.05, 3.63) is 51.5 Å². The topological polar surface area (TPSA) is 73.3 Å². The van der Waals surface area contributed by atoms with Crippen LogP contribution in [0.25, 0.3) is 4.96 Å². The van der Waals surface area contributed by atoms with Gasteiger partial charge in [-0.2, -0.15) is 0 Å². The number of hydrogen-bond acceptors (Lipinski definition) is 6. The molecule has 0 radical (unpaired) electrons. The molecule has 0 unspecified atom stereocenters. The molecule has 3 aromatic rings. The average Bonchev–Trinajstić information content (AvgIpc) is 2.80. The molecule has 0 saturated heterocycles. The van der Waals surface area contributed by atoms with Gasteiger partial charge in [0, 0.05) is 29.1 Å². The third-order valence-corrected chi connectivity index (χ3v) is 4.78. The molecule has 2 N–H and O–H groups in total. The highest BCUT2D eigenvalue weighted by Crippen LogP contribution is 2.25. The normalized spacial score (nSPS) is 11.1. The standard InChI is InChI=1S/C13H12N4OS2/c1-8-6-20-13-16-9(5-11(18)17(8)13)7-19-12-10(14)3-2-4-15-12/h2-6H,7,14H2,1H3. The molecule has 102 valence electrons. The molecule has 0 aromatic carbocycles. The molecule has 0 aliphatic heterocycles. The van der Waals surface area contributed by atoms with E-state index in [0.29, 0.717) is 11.4 Å². The lowest BCUT2D eigenvalue weighted by molar-refractivity contribution is 0.996. The van der Waals surface area contributed by atoms with Crippen LogP contribution < -0.4 is 11.3 Å². The molecule has 0 spiro atoms. The van der Waals surface area contributed by atoms with Crippen LogP contribution >= 0.6 is 23.1 Å². The molecule has 3 heterocycles. The molecule has 0 saturated carbocycles. The minimum atomic E-state index is -0.0432. The molecule has 0 aliphatic carbocycles. The Morgan fingerprint density at radius 3 is 3.15 bits per heavy atom. The van der Waals surface area contributed by atoms with Gasteiger partial charge in [0.1, 0.15) is 5.03 Å². The molecular formula is C13H12N4OS2. The third kappa shape index (κ3) is 2.41. The zero-order valence-electron chi connectivity index (χ0n) is 10.7. The fourth-order valence-corrected chi connectivity index (χ4v) is 3.53. The number of nitrogens with zero attached hydrogens (tertiary/aromatic N) is 3. The average molecular weight is 304 g/mol. The Morgan fingerprint density at radius 1 is 1.50 bits per heavy atom. The SMILES string of the molecule is Cc1csc2nc(CSc3ncccc3N)cc(=O)n12. The molecule has 5 nitrogen and oxygen atoms in total. The van der Waals surface area contributed by atoms with Gasteiger partial charge in [0.25, 0.3) is 5.56 Å². The van der Waals surface area contributed by atoms with Crippen LogP contribution in [-0.2, 0) is 5.75 Å². The summed E-state index contributed by atoms with van der Waals surface area (Å²) in [5.74, 6) is 0.573. The van der Waals surface area contributed by atoms with Gasteiger partial charge < -0.3 is 5.73 Å². The number of fused-ring (bicyclic) bond motifs is 1. The molecule has 3 aromatic heterocycles. The van der Waals surface area contributed by atoms with E-state index in [9.17, 15) is 4.79 Å². The number of aryl methyl sites for hydroxylation is 1. The molecule has 0 atom stereocenters. The predicted molar refractivity (Wildman–Crippen MR) is 82.3 cm³/mol. The second kappa shape index (κ2) is 5.26. The maximum atomic E-state index is 12.0. The first kappa shape index (κ1) is 13.1. The van der Waals surface area contributed by atoms with E-state index in [1.807, 2.05) is 18.4 Å². The first-order chi connectivity index (χ1) is 9.65. The van der Waals surface area contributed by atoms with Crippen molar-refractivity contribution in [2.24, 2.45) is 0 Å². The van der Waals surface area contributed by atoms with Crippen molar-refractivity contribution in [3.63, 3.8) is 0 Å². The van der Waals surface area contributed by atoms with Crippen molar-refractivity contribution < 1.29 is 0 Å². The minimum Gasteiger partial charge on any atom is -0.397 e. The van der Waals surface area contributed by atoms with E-state index in [-0.39, 0.29) is 5.56 Å².